The summed E-state index contributed by atoms with van der Waals surface area (Å²) in [4.78, 5) is 45.9. The fraction of sp³-hybridized carbons (Fsp3) is 0.630. The molecule has 0 amide bonds. The van der Waals surface area contributed by atoms with E-state index in [9.17, 15) is 28.9 Å². The summed E-state index contributed by atoms with van der Waals surface area (Å²) in [6.07, 6.45) is 45.4. The highest BCUT2D eigenvalue weighted by molar-refractivity contribution is 7.47. The lowest BCUT2D eigenvalue weighted by Crippen LogP contribution is -2.34. The topological polar surface area (TPSA) is 192 Å². The van der Waals surface area contributed by atoms with Crippen LogP contribution in [0.1, 0.15) is 149 Å². The zero-order chi connectivity index (χ0) is 43.7. The Balaban J connectivity index is 4.61. The number of unbranched alkanes of at least 4 members (excludes halogenated alkanes) is 11. The van der Waals surface area contributed by atoms with E-state index in [4.69, 9.17) is 24.8 Å². The molecule has 13 heteroatoms. The fourth-order valence-electron chi connectivity index (χ4n) is 5.29. The number of hydrogen-bond donors (Lipinski definition) is 4. The third kappa shape index (κ3) is 39.8. The average molecular weight is 850 g/mol. The van der Waals surface area contributed by atoms with E-state index in [1.54, 1.807) is 24.3 Å². The lowest BCUT2D eigenvalue weighted by Gasteiger charge is -2.20. The maximum absolute atomic E-state index is 12.6. The maximum atomic E-state index is 12.6. The summed E-state index contributed by atoms with van der Waals surface area (Å²) in [6.45, 7) is 2.48. The molecular formula is C46H76NO11P. The summed E-state index contributed by atoms with van der Waals surface area (Å²) in [5.74, 6) is -2.60. The quantitative estimate of drug-likeness (QED) is 0.0151. The number of aliphatic hydroxyl groups is 1. The Hall–Kier alpha value is -3.38. The van der Waals surface area contributed by atoms with E-state index in [0.29, 0.717) is 19.3 Å². The SMILES string of the molecule is CC/C=C\C/C=C\C/C=C\C/C=C\C=C/C(O)C/C=C\CCC(=O)O[C@H](COC(=O)CCCCCCCCC/C=C\CCCCCC)COP(=O)(O)OC[C@H](N)C(=O)O. The van der Waals surface area contributed by atoms with Crippen molar-refractivity contribution in [2.75, 3.05) is 19.8 Å². The van der Waals surface area contributed by atoms with Gasteiger partial charge < -0.3 is 30.3 Å². The summed E-state index contributed by atoms with van der Waals surface area (Å²) in [5, 5.41) is 19.1. The molecule has 0 heterocycles. The molecule has 4 atom stereocenters. The molecule has 0 aromatic rings. The van der Waals surface area contributed by atoms with Gasteiger partial charge in [-0.05, 0) is 70.6 Å². The molecule has 0 saturated carbocycles. The minimum absolute atomic E-state index is 0.0502. The number of nitrogens with two attached hydrogens (primary N) is 1. The average Bonchev–Trinajstić information content (AvgIpc) is 3.21. The number of carbonyl (C=O) groups excluding carboxylic acids is 2. The predicted molar refractivity (Wildman–Crippen MR) is 236 cm³/mol. The number of carboxylic acid groups (broad SMARTS) is 1. The van der Waals surface area contributed by atoms with Gasteiger partial charge in [0, 0.05) is 12.8 Å². The van der Waals surface area contributed by atoms with Gasteiger partial charge in [0.25, 0.3) is 0 Å². The van der Waals surface area contributed by atoms with Gasteiger partial charge in [0.05, 0.1) is 19.3 Å². The van der Waals surface area contributed by atoms with E-state index >= 15 is 0 Å². The summed E-state index contributed by atoms with van der Waals surface area (Å²) in [6, 6.07) is -1.55. The Labute approximate surface area is 355 Å². The van der Waals surface area contributed by atoms with Crippen LogP contribution in [0.5, 0.6) is 0 Å². The molecule has 59 heavy (non-hydrogen) atoms. The minimum Gasteiger partial charge on any atom is -0.480 e. The van der Waals surface area contributed by atoms with E-state index in [1.807, 2.05) is 12.2 Å². The number of aliphatic carboxylic acids is 1. The molecule has 0 radical (unpaired) electrons. The first-order valence-corrected chi connectivity index (χ1v) is 23.2. The van der Waals surface area contributed by atoms with E-state index in [0.717, 1.165) is 57.8 Å². The van der Waals surface area contributed by atoms with Gasteiger partial charge in [-0.1, -0.05) is 150 Å². The highest BCUT2D eigenvalue weighted by Crippen LogP contribution is 2.43. The van der Waals surface area contributed by atoms with E-state index in [2.05, 4.69) is 67.0 Å². The standard InChI is InChI=1S/C46H76NO11P/c1-3-5-7-9-11-13-15-17-18-20-22-24-26-28-32-36-44(49)55-38-42(39-56-59(53,54)57-40-43(47)46(51)52)58-45(50)37-33-29-31-35-41(48)34-30-27-25-23-21-19-16-14-12-10-8-6-4-2/h6,8,12-15,19,21,25,27,29-31,34,41-43,48H,3-5,7,9-11,16-18,20,22-24,26,28,32-33,35-40,47H2,1-2H3,(H,51,52)(H,53,54)/b8-6-,14-12-,15-13-,21-19-,27-25-,31-29-,34-30-/t41?,42-,43+/m1/s1. The van der Waals surface area contributed by atoms with Crippen LogP contribution in [-0.2, 0) is 37.5 Å². The molecule has 0 aromatic carbocycles. The van der Waals surface area contributed by atoms with Gasteiger partial charge >= 0.3 is 25.7 Å². The first-order chi connectivity index (χ1) is 28.5. The number of ether oxygens (including phenoxy) is 2. The smallest absolute Gasteiger partial charge is 0.472 e. The number of phosphoric acid groups is 1. The maximum Gasteiger partial charge on any atom is 0.472 e. The number of aliphatic hydroxyl groups excluding tert-OH is 1. The van der Waals surface area contributed by atoms with E-state index < -0.39 is 63.8 Å². The van der Waals surface area contributed by atoms with Crippen LogP contribution in [0.25, 0.3) is 0 Å². The molecule has 0 aliphatic rings. The number of phosphoric ester groups is 1. The molecule has 0 aliphatic carbocycles. The van der Waals surface area contributed by atoms with Crippen LogP contribution in [0, 0.1) is 0 Å². The van der Waals surface area contributed by atoms with E-state index in [-0.39, 0.29) is 12.8 Å². The number of carboxylic acids is 1. The first kappa shape index (κ1) is 55.6. The molecule has 0 aliphatic heterocycles. The summed E-state index contributed by atoms with van der Waals surface area (Å²) < 4.78 is 32.5. The zero-order valence-corrected chi connectivity index (χ0v) is 36.8. The van der Waals surface area contributed by atoms with Crippen LogP contribution in [0.2, 0.25) is 0 Å². The molecule has 0 bridgehead atoms. The van der Waals surface area contributed by atoms with Gasteiger partial charge in [-0.2, -0.15) is 0 Å². The van der Waals surface area contributed by atoms with Crippen molar-refractivity contribution in [3.63, 3.8) is 0 Å². The molecule has 0 rings (SSSR count). The molecule has 0 spiro atoms. The monoisotopic (exact) mass is 850 g/mol. The minimum atomic E-state index is -4.77. The second kappa shape index (κ2) is 40.0. The Kier molecular flexibility index (Phi) is 37.8. The van der Waals surface area contributed by atoms with Gasteiger partial charge in [-0.25, -0.2) is 4.57 Å². The highest BCUT2D eigenvalue weighted by Gasteiger charge is 2.28. The Morgan fingerprint density at radius 3 is 1.81 bits per heavy atom. The second-order valence-corrected chi connectivity index (χ2v) is 15.7. The van der Waals surface area contributed by atoms with Gasteiger partial charge in [-0.15, -0.1) is 0 Å². The molecule has 336 valence electrons. The van der Waals surface area contributed by atoms with Gasteiger partial charge in [0.1, 0.15) is 12.6 Å². The molecule has 2 unspecified atom stereocenters. The lowest BCUT2D eigenvalue weighted by atomic mass is 10.1. The first-order valence-electron chi connectivity index (χ1n) is 21.7. The van der Waals surface area contributed by atoms with Gasteiger partial charge in [0.15, 0.2) is 6.10 Å². The number of carbonyl (C=O) groups is 3. The molecule has 0 fully saturated rings. The normalized spacial score (nSPS) is 15.1. The Morgan fingerprint density at radius 1 is 0.627 bits per heavy atom. The van der Waals surface area contributed by atoms with Crippen molar-refractivity contribution in [3.05, 3.63) is 85.1 Å². The molecule has 12 nitrogen and oxygen atoms in total. The zero-order valence-electron chi connectivity index (χ0n) is 35.9. The summed E-state index contributed by atoms with van der Waals surface area (Å²) in [7, 11) is -4.77. The van der Waals surface area contributed by atoms with E-state index in [1.165, 1.54) is 44.9 Å². The number of esters is 2. The third-order valence-corrected chi connectivity index (χ3v) is 9.67. The number of hydrogen-bond acceptors (Lipinski definition) is 10. The number of rotatable bonds is 39. The fourth-order valence-corrected chi connectivity index (χ4v) is 6.06. The highest BCUT2D eigenvalue weighted by atomic mass is 31.2. The van der Waals surface area contributed by atoms with Crippen molar-refractivity contribution in [2.45, 2.75) is 167 Å². The van der Waals surface area contributed by atoms with Crippen molar-refractivity contribution in [2.24, 2.45) is 5.73 Å². The predicted octanol–water partition coefficient (Wildman–Crippen LogP) is 10.5. The van der Waals surface area contributed by atoms with Crippen molar-refractivity contribution in [1.29, 1.82) is 0 Å². The van der Waals surface area contributed by atoms with Crippen LogP contribution in [0.4, 0.5) is 0 Å². The van der Waals surface area contributed by atoms with Gasteiger partial charge in [-0.3, -0.25) is 23.4 Å². The molecular weight excluding hydrogens is 773 g/mol. The third-order valence-electron chi connectivity index (χ3n) is 8.72. The van der Waals surface area contributed by atoms with Crippen LogP contribution in [0.3, 0.4) is 0 Å². The molecule has 5 N–H and O–H groups in total. The molecule has 0 saturated heterocycles. The van der Waals surface area contributed by atoms with Crippen molar-refractivity contribution in [3.8, 4) is 0 Å². The van der Waals surface area contributed by atoms with Crippen LogP contribution >= 0.6 is 7.82 Å². The Bertz CT molecular complexity index is 1340. The van der Waals surface area contributed by atoms with Crippen LogP contribution in [-0.4, -0.2) is 71.1 Å². The Morgan fingerprint density at radius 2 is 1.19 bits per heavy atom. The van der Waals surface area contributed by atoms with Crippen molar-refractivity contribution < 1.29 is 52.6 Å². The second-order valence-electron chi connectivity index (χ2n) is 14.3. The largest absolute Gasteiger partial charge is 0.480 e. The summed E-state index contributed by atoms with van der Waals surface area (Å²) >= 11 is 0. The summed E-state index contributed by atoms with van der Waals surface area (Å²) in [5.41, 5.74) is 5.32. The van der Waals surface area contributed by atoms with Crippen molar-refractivity contribution >= 4 is 25.7 Å². The van der Waals surface area contributed by atoms with Crippen molar-refractivity contribution in [1.82, 2.24) is 0 Å². The molecule has 0 aromatic heterocycles. The number of allylic oxidation sites excluding steroid dienone is 12. The van der Waals surface area contributed by atoms with Gasteiger partial charge in [0.2, 0.25) is 0 Å². The van der Waals surface area contributed by atoms with Crippen LogP contribution < -0.4 is 5.73 Å². The van der Waals surface area contributed by atoms with Crippen LogP contribution in [0.15, 0.2) is 85.1 Å². The lowest BCUT2D eigenvalue weighted by molar-refractivity contribution is -0.161.